The molecule has 1 aliphatic rings. The van der Waals surface area contributed by atoms with Crippen LogP contribution in [0, 0.1) is 0 Å². The summed E-state index contributed by atoms with van der Waals surface area (Å²) in [5, 5.41) is 22.8. The number of fused-ring (bicyclic) bond motifs is 1. The fourth-order valence-electron chi connectivity index (χ4n) is 4.69. The van der Waals surface area contributed by atoms with Gasteiger partial charge in [-0.25, -0.2) is 4.98 Å². The number of aliphatic hydroxyl groups is 1. The van der Waals surface area contributed by atoms with Crippen LogP contribution in [0.15, 0.2) is 71.7 Å². The Hall–Kier alpha value is -4.15. The van der Waals surface area contributed by atoms with E-state index < -0.39 is 30.1 Å². The van der Waals surface area contributed by atoms with Crippen LogP contribution in [0.4, 0.5) is 5.82 Å². The van der Waals surface area contributed by atoms with Crippen molar-refractivity contribution < 1.29 is 19.8 Å². The number of carboxylic acids is 1. The van der Waals surface area contributed by atoms with Crippen molar-refractivity contribution in [2.45, 2.75) is 38.1 Å². The number of hydrogen-bond donors (Lipinski definition) is 3. The molecule has 1 fully saturated rings. The highest BCUT2D eigenvalue weighted by Gasteiger charge is 2.38. The Labute approximate surface area is 222 Å². The van der Waals surface area contributed by atoms with Gasteiger partial charge >= 0.3 is 5.97 Å². The number of imidazole rings is 1. The number of rotatable bonds is 7. The van der Waals surface area contributed by atoms with Gasteiger partial charge in [-0.2, -0.15) is 0 Å². The van der Waals surface area contributed by atoms with Crippen LogP contribution in [0.5, 0.6) is 0 Å². The quantitative estimate of drug-likeness (QED) is 0.331. The van der Waals surface area contributed by atoms with Crippen molar-refractivity contribution in [1.82, 2.24) is 19.3 Å². The molecule has 196 valence electrons. The van der Waals surface area contributed by atoms with E-state index in [4.69, 9.17) is 16.6 Å². The van der Waals surface area contributed by atoms with Crippen molar-refractivity contribution in [3.63, 3.8) is 0 Å². The summed E-state index contributed by atoms with van der Waals surface area (Å²) in [7, 11) is 0. The van der Waals surface area contributed by atoms with Gasteiger partial charge in [0.15, 0.2) is 0 Å². The van der Waals surface area contributed by atoms with E-state index in [-0.39, 0.29) is 18.5 Å². The zero-order valence-corrected chi connectivity index (χ0v) is 21.2. The molecule has 0 radical (unpaired) electrons. The summed E-state index contributed by atoms with van der Waals surface area (Å²) >= 11 is 6.04. The number of carbonyl (C=O) groups is 2. The molecule has 38 heavy (non-hydrogen) atoms. The average Bonchev–Trinajstić information content (AvgIpc) is 3.51. The van der Waals surface area contributed by atoms with E-state index in [2.05, 4.69) is 5.32 Å². The third-order valence-electron chi connectivity index (χ3n) is 6.62. The maximum Gasteiger partial charge on any atom is 0.325 e. The lowest BCUT2D eigenvalue weighted by Gasteiger charge is -2.29. The zero-order chi connectivity index (χ0) is 27.0. The highest BCUT2D eigenvalue weighted by molar-refractivity contribution is 6.30. The largest absolute Gasteiger partial charge is 0.480 e. The predicted octanol–water partition coefficient (Wildman–Crippen LogP) is 2.39. The minimum atomic E-state index is -1.17. The molecule has 2 aromatic heterocycles. The lowest BCUT2D eigenvalue weighted by atomic mass is 10.1. The molecule has 4 aromatic rings. The number of amides is 1. The standard InChI is InChI=1S/C27H26ClN5O5/c1-16(26(37)38)29-25(36)22-11-20(34)14-31(22)23-12-24(35)33-15-21(18-7-9-19(28)10-8-18)30-27(33)32(23)13-17-5-3-2-4-6-17/h2-10,12,15-16,20,22,34H,11,13-14H2,1H3,(H,29,36)(H,37,38)/t16-,20+,22-/m0/s1. The molecule has 2 aromatic carbocycles. The molecule has 1 amide bonds. The molecule has 0 unspecified atom stereocenters. The van der Waals surface area contributed by atoms with Crippen LogP contribution in [-0.4, -0.2) is 60.8 Å². The van der Waals surface area contributed by atoms with Gasteiger partial charge in [-0.1, -0.05) is 54.1 Å². The zero-order valence-electron chi connectivity index (χ0n) is 20.5. The number of hydrogen-bond acceptors (Lipinski definition) is 6. The van der Waals surface area contributed by atoms with Crippen molar-refractivity contribution in [2.24, 2.45) is 0 Å². The van der Waals surface area contributed by atoms with E-state index >= 15 is 0 Å². The van der Waals surface area contributed by atoms with Crippen LogP contribution >= 0.6 is 11.6 Å². The summed E-state index contributed by atoms with van der Waals surface area (Å²) < 4.78 is 3.28. The third kappa shape index (κ3) is 5.00. The van der Waals surface area contributed by atoms with Crippen LogP contribution < -0.4 is 15.8 Å². The Morgan fingerprint density at radius 2 is 1.87 bits per heavy atom. The van der Waals surface area contributed by atoms with Gasteiger partial charge in [-0.3, -0.25) is 23.4 Å². The molecule has 3 heterocycles. The predicted molar refractivity (Wildman–Crippen MR) is 142 cm³/mol. The summed E-state index contributed by atoms with van der Waals surface area (Å²) in [4.78, 5) is 44.1. The first kappa shape index (κ1) is 25.5. The van der Waals surface area contributed by atoms with Crippen LogP contribution in [0.3, 0.4) is 0 Å². The Morgan fingerprint density at radius 3 is 2.55 bits per heavy atom. The number of anilines is 1. The Morgan fingerprint density at radius 1 is 1.16 bits per heavy atom. The van der Waals surface area contributed by atoms with Gasteiger partial charge in [0.05, 0.1) is 18.3 Å². The van der Waals surface area contributed by atoms with Crippen molar-refractivity contribution in [1.29, 1.82) is 0 Å². The number of aliphatic carboxylic acids is 1. The van der Waals surface area contributed by atoms with Gasteiger partial charge in [0, 0.05) is 35.8 Å². The highest BCUT2D eigenvalue weighted by atomic mass is 35.5. The fraction of sp³-hybridized carbons (Fsp3) is 0.259. The van der Waals surface area contributed by atoms with E-state index in [9.17, 15) is 24.6 Å². The summed E-state index contributed by atoms with van der Waals surface area (Å²) in [6, 6.07) is 16.2. The Bertz CT molecular complexity index is 1550. The summed E-state index contributed by atoms with van der Waals surface area (Å²) in [6.45, 7) is 1.80. The number of carbonyl (C=O) groups excluding carboxylic acids is 1. The molecule has 1 saturated heterocycles. The Balaban J connectivity index is 1.64. The van der Waals surface area contributed by atoms with Crippen molar-refractivity contribution in [3.8, 4) is 11.3 Å². The minimum absolute atomic E-state index is 0.0906. The Kier molecular flexibility index (Phi) is 6.92. The number of nitrogens with one attached hydrogen (secondary N) is 1. The average molecular weight is 536 g/mol. The maximum absolute atomic E-state index is 13.3. The van der Waals surface area contributed by atoms with Gasteiger partial charge in [0.2, 0.25) is 11.7 Å². The molecule has 5 rings (SSSR count). The molecule has 11 heteroatoms. The van der Waals surface area contributed by atoms with Crippen LogP contribution in [0.1, 0.15) is 18.9 Å². The number of β-amino-alcohol motifs (C(OH)–C–C–N with tert-alkyl or cyclic N) is 1. The highest BCUT2D eigenvalue weighted by Crippen LogP contribution is 2.29. The molecule has 0 saturated carbocycles. The number of halogens is 1. The number of benzene rings is 2. The molecular weight excluding hydrogens is 510 g/mol. The third-order valence-corrected chi connectivity index (χ3v) is 6.88. The fourth-order valence-corrected chi connectivity index (χ4v) is 4.81. The second kappa shape index (κ2) is 10.3. The summed E-state index contributed by atoms with van der Waals surface area (Å²) in [5.41, 5.74) is 1.94. The molecule has 3 atom stereocenters. The van der Waals surface area contributed by atoms with Gasteiger partial charge < -0.3 is 20.4 Å². The molecule has 0 aliphatic carbocycles. The molecule has 0 bridgehead atoms. The first-order chi connectivity index (χ1) is 18.2. The van der Waals surface area contributed by atoms with E-state index in [0.717, 1.165) is 11.1 Å². The number of carboxylic acid groups (broad SMARTS) is 1. The van der Waals surface area contributed by atoms with Crippen molar-refractivity contribution in [2.75, 3.05) is 11.4 Å². The van der Waals surface area contributed by atoms with Gasteiger partial charge in [-0.05, 0) is 24.6 Å². The first-order valence-electron chi connectivity index (χ1n) is 12.1. The SMILES string of the molecule is C[C@H](NC(=O)[C@@H]1C[C@@H](O)CN1c1cc(=O)n2cc(-c3ccc(Cl)cc3)nc2n1Cc1ccccc1)C(=O)O. The van der Waals surface area contributed by atoms with Crippen LogP contribution in [-0.2, 0) is 16.1 Å². The summed E-state index contributed by atoms with van der Waals surface area (Å²) in [6.07, 6.45) is 0.906. The monoisotopic (exact) mass is 535 g/mol. The van der Waals surface area contributed by atoms with E-state index in [0.29, 0.717) is 28.9 Å². The number of aromatic nitrogens is 3. The minimum Gasteiger partial charge on any atom is -0.480 e. The molecule has 1 aliphatic heterocycles. The van der Waals surface area contributed by atoms with Crippen LogP contribution in [0.25, 0.3) is 17.0 Å². The molecule has 10 nitrogen and oxygen atoms in total. The number of nitrogens with zero attached hydrogens (tertiary/aromatic N) is 4. The van der Waals surface area contributed by atoms with E-state index in [1.165, 1.54) is 17.4 Å². The van der Waals surface area contributed by atoms with E-state index in [1.54, 1.807) is 23.2 Å². The van der Waals surface area contributed by atoms with Gasteiger partial charge in [0.25, 0.3) is 5.56 Å². The van der Waals surface area contributed by atoms with Gasteiger partial charge in [0.1, 0.15) is 17.9 Å². The number of aliphatic hydroxyl groups excluding tert-OH is 1. The second-order valence-electron chi connectivity index (χ2n) is 9.34. The molecule has 0 spiro atoms. The van der Waals surface area contributed by atoms with Crippen LogP contribution in [0.2, 0.25) is 5.02 Å². The lowest BCUT2D eigenvalue weighted by Crippen LogP contribution is -2.49. The second-order valence-corrected chi connectivity index (χ2v) is 9.78. The van der Waals surface area contributed by atoms with E-state index in [1.807, 2.05) is 47.0 Å². The van der Waals surface area contributed by atoms with Gasteiger partial charge in [-0.15, -0.1) is 0 Å². The van der Waals surface area contributed by atoms with Crippen molar-refractivity contribution >= 4 is 35.1 Å². The molecule has 3 N–H and O–H groups in total. The first-order valence-corrected chi connectivity index (χ1v) is 12.5. The lowest BCUT2D eigenvalue weighted by molar-refractivity contribution is -0.141. The maximum atomic E-state index is 13.3. The smallest absolute Gasteiger partial charge is 0.325 e. The topological polar surface area (TPSA) is 129 Å². The summed E-state index contributed by atoms with van der Waals surface area (Å²) in [5.74, 6) is -0.946. The normalized spacial score (nSPS) is 18.0. The molecular formula is C27H26ClN5O5. The van der Waals surface area contributed by atoms with Crippen molar-refractivity contribution in [3.05, 3.63) is 87.8 Å².